The summed E-state index contributed by atoms with van der Waals surface area (Å²) in [4.78, 5) is 22.7. The zero-order chi connectivity index (χ0) is 19.3. The molecule has 0 unspecified atom stereocenters. The van der Waals surface area contributed by atoms with Crippen LogP contribution in [0.5, 0.6) is 23.3 Å². The minimum Gasteiger partial charge on any atom is -0.493 e. The number of anilines is 2. The number of benzene rings is 1. The van der Waals surface area contributed by atoms with E-state index in [-0.39, 0.29) is 11.9 Å². The van der Waals surface area contributed by atoms with Gasteiger partial charge in [-0.3, -0.25) is 4.79 Å². The highest BCUT2D eigenvalue weighted by Gasteiger charge is 2.19. The summed E-state index contributed by atoms with van der Waals surface area (Å²) in [6.45, 7) is 0. The maximum absolute atomic E-state index is 12.7. The van der Waals surface area contributed by atoms with E-state index in [1.165, 1.54) is 34.6 Å². The largest absolute Gasteiger partial charge is 0.493 e. The van der Waals surface area contributed by atoms with Gasteiger partial charge in [-0.15, -0.1) is 0 Å². The number of nitrogens with one attached hydrogen (secondary N) is 1. The smallest absolute Gasteiger partial charge is 0.318 e. The van der Waals surface area contributed by atoms with Crippen molar-refractivity contribution in [2.45, 2.75) is 0 Å². The number of nitrogens with zero attached hydrogens (tertiary/aromatic N) is 3. The lowest BCUT2D eigenvalue weighted by Gasteiger charge is -2.17. The van der Waals surface area contributed by atoms with E-state index < -0.39 is 0 Å². The summed E-state index contributed by atoms with van der Waals surface area (Å²) in [6, 6.07) is 3.34. The molecule has 2 aromatic rings. The fourth-order valence-electron chi connectivity index (χ4n) is 2.29. The Morgan fingerprint density at radius 1 is 1.00 bits per heavy atom. The minimum absolute atomic E-state index is 0.208. The van der Waals surface area contributed by atoms with E-state index in [0.717, 1.165) is 0 Å². The summed E-state index contributed by atoms with van der Waals surface area (Å²) in [7, 11) is 9.55. The maximum atomic E-state index is 12.7. The number of methoxy groups -OCH3 is 4. The first-order valence-electron chi connectivity index (χ1n) is 7.64. The molecule has 9 heteroatoms. The quantitative estimate of drug-likeness (QED) is 0.797. The Kier molecular flexibility index (Phi) is 6.05. The zero-order valence-corrected chi connectivity index (χ0v) is 15.6. The molecule has 140 valence electrons. The van der Waals surface area contributed by atoms with Crippen molar-refractivity contribution in [3.63, 3.8) is 0 Å². The predicted octanol–water partition coefficient (Wildman–Crippen LogP) is 1.83. The second-order valence-electron chi connectivity index (χ2n) is 5.36. The highest BCUT2D eigenvalue weighted by atomic mass is 16.5. The van der Waals surface area contributed by atoms with Crippen LogP contribution in [-0.4, -0.2) is 58.4 Å². The van der Waals surface area contributed by atoms with Crippen LogP contribution in [0.15, 0.2) is 18.3 Å². The molecule has 0 aliphatic carbocycles. The average Bonchev–Trinajstić information content (AvgIpc) is 2.66. The van der Waals surface area contributed by atoms with Crippen LogP contribution >= 0.6 is 0 Å². The van der Waals surface area contributed by atoms with Gasteiger partial charge < -0.3 is 29.2 Å². The molecule has 0 aliphatic heterocycles. The van der Waals surface area contributed by atoms with Gasteiger partial charge in [0, 0.05) is 19.7 Å². The van der Waals surface area contributed by atoms with Crippen molar-refractivity contribution < 1.29 is 23.7 Å². The molecule has 1 aromatic carbocycles. The summed E-state index contributed by atoms with van der Waals surface area (Å²) in [5.74, 6) is 1.32. The fraction of sp³-hybridized carbons (Fsp3) is 0.353. The molecule has 1 aromatic heterocycles. The van der Waals surface area contributed by atoms with Crippen LogP contribution in [0.4, 0.5) is 11.5 Å². The minimum atomic E-state index is -0.374. The number of hydrogen-bond acceptors (Lipinski definition) is 8. The molecule has 1 heterocycles. The zero-order valence-electron chi connectivity index (χ0n) is 15.6. The summed E-state index contributed by atoms with van der Waals surface area (Å²) >= 11 is 0. The number of amides is 1. The molecule has 0 fully saturated rings. The Hall–Kier alpha value is -3.23. The Bertz CT molecular complexity index is 770. The van der Waals surface area contributed by atoms with Gasteiger partial charge in [-0.1, -0.05) is 0 Å². The van der Waals surface area contributed by atoms with Gasteiger partial charge in [0.15, 0.2) is 17.3 Å². The molecule has 1 amide bonds. The number of rotatable bonds is 7. The topological polar surface area (TPSA) is 95.0 Å². The van der Waals surface area contributed by atoms with Gasteiger partial charge in [0.2, 0.25) is 5.75 Å². The molecular weight excluding hydrogens is 340 g/mol. The van der Waals surface area contributed by atoms with Crippen LogP contribution in [0.25, 0.3) is 0 Å². The molecule has 0 atom stereocenters. The van der Waals surface area contributed by atoms with Crippen LogP contribution in [0.2, 0.25) is 0 Å². The maximum Gasteiger partial charge on any atom is 0.318 e. The predicted molar refractivity (Wildman–Crippen MR) is 97.0 cm³/mol. The molecular formula is C17H22N4O5. The first-order valence-corrected chi connectivity index (χ1v) is 7.64. The van der Waals surface area contributed by atoms with Gasteiger partial charge in [-0.05, 0) is 12.1 Å². The van der Waals surface area contributed by atoms with E-state index in [1.807, 2.05) is 0 Å². The number of carbonyl (C=O) groups is 1. The van der Waals surface area contributed by atoms with E-state index >= 15 is 0 Å². The van der Waals surface area contributed by atoms with Crippen molar-refractivity contribution >= 4 is 17.4 Å². The van der Waals surface area contributed by atoms with E-state index in [9.17, 15) is 4.79 Å². The number of carbonyl (C=O) groups excluding carboxylic acids is 1. The molecule has 0 bridgehead atoms. The van der Waals surface area contributed by atoms with Crippen LogP contribution in [0, 0.1) is 0 Å². The number of aromatic nitrogens is 2. The van der Waals surface area contributed by atoms with Gasteiger partial charge in [0.05, 0.1) is 34.6 Å². The van der Waals surface area contributed by atoms with Crippen molar-refractivity contribution in [3.8, 4) is 23.3 Å². The van der Waals surface area contributed by atoms with Gasteiger partial charge in [0.1, 0.15) is 5.69 Å². The SMILES string of the molecule is COc1ncc(NC(=O)c2cc(OC)c(OC)c(OC)c2)c(N(C)C)n1. The Morgan fingerprint density at radius 3 is 2.08 bits per heavy atom. The summed E-state index contributed by atoms with van der Waals surface area (Å²) in [6.07, 6.45) is 1.48. The van der Waals surface area contributed by atoms with E-state index in [4.69, 9.17) is 18.9 Å². The van der Waals surface area contributed by atoms with Gasteiger partial charge in [-0.2, -0.15) is 4.98 Å². The van der Waals surface area contributed by atoms with Crippen molar-refractivity contribution in [3.05, 3.63) is 23.9 Å². The molecule has 1 N–H and O–H groups in total. The Balaban J connectivity index is 2.39. The summed E-state index contributed by atoms with van der Waals surface area (Å²) < 4.78 is 20.8. The van der Waals surface area contributed by atoms with Gasteiger partial charge in [-0.25, -0.2) is 4.98 Å². The number of hydrogen-bond donors (Lipinski definition) is 1. The number of ether oxygens (including phenoxy) is 4. The van der Waals surface area contributed by atoms with Gasteiger partial charge >= 0.3 is 6.01 Å². The van der Waals surface area contributed by atoms with Crippen molar-refractivity contribution in [2.24, 2.45) is 0 Å². The first kappa shape index (κ1) is 19.1. The molecule has 0 spiro atoms. The molecule has 26 heavy (non-hydrogen) atoms. The van der Waals surface area contributed by atoms with Crippen molar-refractivity contribution in [1.29, 1.82) is 0 Å². The van der Waals surface area contributed by atoms with Gasteiger partial charge in [0.25, 0.3) is 5.91 Å². The second-order valence-corrected chi connectivity index (χ2v) is 5.36. The average molecular weight is 362 g/mol. The van der Waals surface area contributed by atoms with E-state index in [0.29, 0.717) is 34.3 Å². The normalized spacial score (nSPS) is 10.1. The second kappa shape index (κ2) is 8.24. The van der Waals surface area contributed by atoms with Crippen LogP contribution in [-0.2, 0) is 0 Å². The Labute approximate surface area is 151 Å². The monoisotopic (exact) mass is 362 g/mol. The van der Waals surface area contributed by atoms with Crippen molar-refractivity contribution in [1.82, 2.24) is 9.97 Å². The molecule has 0 saturated heterocycles. The lowest BCUT2D eigenvalue weighted by atomic mass is 10.1. The Morgan fingerprint density at radius 2 is 1.62 bits per heavy atom. The lowest BCUT2D eigenvalue weighted by Crippen LogP contribution is -2.19. The molecule has 0 aliphatic rings. The van der Waals surface area contributed by atoms with Crippen molar-refractivity contribution in [2.75, 3.05) is 52.8 Å². The third-order valence-electron chi connectivity index (χ3n) is 3.53. The lowest BCUT2D eigenvalue weighted by molar-refractivity contribution is 0.102. The summed E-state index contributed by atoms with van der Waals surface area (Å²) in [5.41, 5.74) is 0.773. The van der Waals surface area contributed by atoms with E-state index in [2.05, 4.69) is 15.3 Å². The molecule has 0 radical (unpaired) electrons. The standard InChI is InChI=1S/C17H22N4O5/c1-21(2)15-11(9-18-17(20-15)26-6)19-16(22)10-7-12(23-3)14(25-5)13(8-10)24-4/h7-9H,1-6H3,(H,19,22). The molecule has 0 saturated carbocycles. The fourth-order valence-corrected chi connectivity index (χ4v) is 2.29. The van der Waals surface area contributed by atoms with E-state index in [1.54, 1.807) is 31.1 Å². The van der Waals surface area contributed by atoms with Crippen LogP contribution in [0.1, 0.15) is 10.4 Å². The summed E-state index contributed by atoms with van der Waals surface area (Å²) in [5, 5.41) is 2.79. The van der Waals surface area contributed by atoms with Crippen LogP contribution in [0.3, 0.4) is 0 Å². The third kappa shape index (κ3) is 3.88. The highest BCUT2D eigenvalue weighted by Crippen LogP contribution is 2.38. The molecule has 9 nitrogen and oxygen atoms in total. The third-order valence-corrected chi connectivity index (χ3v) is 3.53. The first-order chi connectivity index (χ1) is 12.4. The highest BCUT2D eigenvalue weighted by molar-refractivity contribution is 6.06. The van der Waals surface area contributed by atoms with Crippen LogP contribution < -0.4 is 29.2 Å². The molecule has 2 rings (SSSR count).